The SMILES string of the molecule is CCOC(=O)c1c(NC(=O)COC(=O)COc2cccc(Cl)c2)sc(C(=O)NC)c1C. The predicted molar refractivity (Wildman–Crippen MR) is 115 cm³/mol. The maximum Gasteiger partial charge on any atom is 0.344 e. The fraction of sp³-hybridized carbons (Fsp3) is 0.300. The van der Waals surface area contributed by atoms with Crippen LogP contribution in [-0.2, 0) is 19.1 Å². The van der Waals surface area contributed by atoms with E-state index in [9.17, 15) is 19.2 Å². The minimum Gasteiger partial charge on any atom is -0.482 e. The van der Waals surface area contributed by atoms with Crippen LogP contribution in [0.25, 0.3) is 0 Å². The molecule has 2 amide bonds. The molecule has 0 radical (unpaired) electrons. The molecule has 0 unspecified atom stereocenters. The zero-order chi connectivity index (χ0) is 23.0. The van der Waals surface area contributed by atoms with Gasteiger partial charge in [0, 0.05) is 12.1 Å². The summed E-state index contributed by atoms with van der Waals surface area (Å²) < 4.78 is 15.1. The molecule has 0 spiro atoms. The molecule has 1 aromatic heterocycles. The lowest BCUT2D eigenvalue weighted by molar-refractivity contribution is -0.149. The molecule has 0 saturated heterocycles. The third-order valence-electron chi connectivity index (χ3n) is 3.83. The number of anilines is 1. The van der Waals surface area contributed by atoms with Gasteiger partial charge in [0.05, 0.1) is 17.0 Å². The molecular weight excluding hydrogens is 448 g/mol. The van der Waals surface area contributed by atoms with Gasteiger partial charge in [-0.05, 0) is 37.6 Å². The molecule has 0 aliphatic heterocycles. The normalized spacial score (nSPS) is 10.2. The molecule has 11 heteroatoms. The van der Waals surface area contributed by atoms with Gasteiger partial charge >= 0.3 is 11.9 Å². The first-order valence-electron chi connectivity index (χ1n) is 9.13. The summed E-state index contributed by atoms with van der Waals surface area (Å²) in [4.78, 5) is 48.6. The lowest BCUT2D eigenvalue weighted by Gasteiger charge is -2.09. The van der Waals surface area contributed by atoms with Gasteiger partial charge in [-0.2, -0.15) is 0 Å². The monoisotopic (exact) mass is 468 g/mol. The first kappa shape index (κ1) is 24.2. The van der Waals surface area contributed by atoms with Crippen molar-refractivity contribution in [3.63, 3.8) is 0 Å². The molecule has 0 fully saturated rings. The van der Waals surface area contributed by atoms with E-state index in [0.29, 0.717) is 16.3 Å². The number of hydrogen-bond donors (Lipinski definition) is 2. The van der Waals surface area contributed by atoms with E-state index in [-0.39, 0.29) is 22.0 Å². The van der Waals surface area contributed by atoms with Crippen LogP contribution >= 0.6 is 22.9 Å². The Hall–Kier alpha value is -3.11. The Kier molecular flexibility index (Phi) is 8.83. The second kappa shape index (κ2) is 11.3. The highest BCUT2D eigenvalue weighted by molar-refractivity contribution is 7.18. The van der Waals surface area contributed by atoms with Crippen LogP contribution in [-0.4, -0.2) is 50.6 Å². The lowest BCUT2D eigenvalue weighted by Crippen LogP contribution is -2.24. The summed E-state index contributed by atoms with van der Waals surface area (Å²) in [5.74, 6) is -2.16. The van der Waals surface area contributed by atoms with Gasteiger partial charge in [-0.25, -0.2) is 9.59 Å². The fourth-order valence-electron chi connectivity index (χ4n) is 2.43. The number of esters is 2. The topological polar surface area (TPSA) is 120 Å². The maximum atomic E-state index is 12.3. The average Bonchev–Trinajstić information content (AvgIpc) is 3.06. The number of nitrogens with one attached hydrogen (secondary N) is 2. The number of halogens is 1. The molecule has 2 aromatic rings. The van der Waals surface area contributed by atoms with Crippen LogP contribution in [0.15, 0.2) is 24.3 Å². The third kappa shape index (κ3) is 6.69. The summed E-state index contributed by atoms with van der Waals surface area (Å²) >= 11 is 6.75. The summed E-state index contributed by atoms with van der Waals surface area (Å²) in [7, 11) is 1.45. The van der Waals surface area contributed by atoms with Crippen molar-refractivity contribution in [2.75, 3.05) is 32.2 Å². The highest BCUT2D eigenvalue weighted by Gasteiger charge is 2.26. The predicted octanol–water partition coefficient (Wildman–Crippen LogP) is 2.81. The number of carbonyl (C=O) groups excluding carboxylic acids is 4. The molecule has 1 aromatic carbocycles. The molecule has 2 rings (SSSR count). The summed E-state index contributed by atoms with van der Waals surface area (Å²) in [6, 6.07) is 6.46. The van der Waals surface area contributed by atoms with E-state index in [1.807, 2.05) is 0 Å². The highest BCUT2D eigenvalue weighted by Crippen LogP contribution is 2.33. The summed E-state index contributed by atoms with van der Waals surface area (Å²) in [5, 5.41) is 5.54. The van der Waals surface area contributed by atoms with Crippen molar-refractivity contribution < 1.29 is 33.4 Å². The Labute approximate surface area is 187 Å². The molecule has 0 aliphatic carbocycles. The number of hydrogen-bond acceptors (Lipinski definition) is 8. The zero-order valence-electron chi connectivity index (χ0n) is 17.1. The molecule has 166 valence electrons. The number of thiophene rings is 1. The smallest absolute Gasteiger partial charge is 0.344 e. The van der Waals surface area contributed by atoms with Crippen LogP contribution in [0.2, 0.25) is 5.02 Å². The molecule has 0 aliphatic rings. The maximum absolute atomic E-state index is 12.3. The van der Waals surface area contributed by atoms with Crippen molar-refractivity contribution in [1.29, 1.82) is 0 Å². The van der Waals surface area contributed by atoms with Crippen molar-refractivity contribution in [2.45, 2.75) is 13.8 Å². The van der Waals surface area contributed by atoms with Crippen molar-refractivity contribution in [1.82, 2.24) is 5.32 Å². The first-order chi connectivity index (χ1) is 14.8. The number of benzene rings is 1. The molecule has 1 heterocycles. The molecular formula is C20H21ClN2O7S. The molecule has 0 bridgehead atoms. The van der Waals surface area contributed by atoms with Gasteiger partial charge in [0.15, 0.2) is 13.2 Å². The molecule has 2 N–H and O–H groups in total. The van der Waals surface area contributed by atoms with Gasteiger partial charge in [-0.15, -0.1) is 11.3 Å². The van der Waals surface area contributed by atoms with E-state index < -0.39 is 37.0 Å². The number of carbonyl (C=O) groups is 4. The third-order valence-corrected chi connectivity index (χ3v) is 5.27. The van der Waals surface area contributed by atoms with Crippen LogP contribution in [0, 0.1) is 6.92 Å². The van der Waals surface area contributed by atoms with Crippen LogP contribution < -0.4 is 15.4 Å². The largest absolute Gasteiger partial charge is 0.482 e. The Bertz CT molecular complexity index is 990. The molecule has 0 saturated carbocycles. The minimum absolute atomic E-state index is 0.0782. The minimum atomic E-state index is -0.769. The van der Waals surface area contributed by atoms with E-state index in [0.717, 1.165) is 11.3 Å². The molecule has 9 nitrogen and oxygen atoms in total. The Morgan fingerprint density at radius 3 is 2.52 bits per heavy atom. The second-order valence-corrected chi connectivity index (χ2v) is 7.47. The number of ether oxygens (including phenoxy) is 3. The van der Waals surface area contributed by atoms with E-state index in [2.05, 4.69) is 10.6 Å². The van der Waals surface area contributed by atoms with Gasteiger partial charge in [-0.1, -0.05) is 17.7 Å². The number of amides is 2. The van der Waals surface area contributed by atoms with Crippen molar-refractivity contribution in [3.05, 3.63) is 45.3 Å². The summed E-state index contributed by atoms with van der Waals surface area (Å²) in [6.45, 7) is 2.33. The van der Waals surface area contributed by atoms with E-state index in [1.165, 1.54) is 13.1 Å². The van der Waals surface area contributed by atoms with Crippen LogP contribution in [0.1, 0.15) is 32.5 Å². The van der Waals surface area contributed by atoms with E-state index >= 15 is 0 Å². The average molecular weight is 469 g/mol. The standard InChI is InChI=1S/C20H21ClN2O7S/c1-4-28-20(27)16-11(2)17(18(26)22-3)31-19(16)23-14(24)9-30-15(25)10-29-13-7-5-6-12(21)8-13/h5-8H,4,9-10H2,1-3H3,(H,22,26)(H,23,24). The Morgan fingerprint density at radius 2 is 1.87 bits per heavy atom. The van der Waals surface area contributed by atoms with Crippen molar-refractivity contribution >= 4 is 51.7 Å². The van der Waals surface area contributed by atoms with Gasteiger partial charge in [0.25, 0.3) is 11.8 Å². The quantitative estimate of drug-likeness (QED) is 0.543. The Balaban J connectivity index is 1.99. The van der Waals surface area contributed by atoms with Gasteiger partial charge in [0.1, 0.15) is 10.8 Å². The Morgan fingerprint density at radius 1 is 1.13 bits per heavy atom. The van der Waals surface area contributed by atoms with Crippen molar-refractivity contribution in [2.24, 2.45) is 0 Å². The number of rotatable bonds is 9. The van der Waals surface area contributed by atoms with Crippen molar-refractivity contribution in [3.8, 4) is 5.75 Å². The molecule has 31 heavy (non-hydrogen) atoms. The van der Waals surface area contributed by atoms with E-state index in [1.54, 1.807) is 32.0 Å². The second-order valence-electron chi connectivity index (χ2n) is 6.01. The van der Waals surface area contributed by atoms with Crippen LogP contribution in [0.5, 0.6) is 5.75 Å². The highest BCUT2D eigenvalue weighted by atomic mass is 35.5. The van der Waals surface area contributed by atoms with Crippen LogP contribution in [0.3, 0.4) is 0 Å². The van der Waals surface area contributed by atoms with Gasteiger partial charge in [0.2, 0.25) is 0 Å². The van der Waals surface area contributed by atoms with Gasteiger partial charge in [-0.3, -0.25) is 9.59 Å². The first-order valence-corrected chi connectivity index (χ1v) is 10.3. The zero-order valence-corrected chi connectivity index (χ0v) is 18.6. The molecule has 0 atom stereocenters. The van der Waals surface area contributed by atoms with Gasteiger partial charge < -0.3 is 24.8 Å². The fourth-order valence-corrected chi connectivity index (χ4v) is 3.77. The van der Waals surface area contributed by atoms with Crippen LogP contribution in [0.4, 0.5) is 5.00 Å². The summed E-state index contributed by atoms with van der Waals surface area (Å²) in [5.41, 5.74) is 0.458. The van der Waals surface area contributed by atoms with E-state index in [4.69, 9.17) is 25.8 Å². The lowest BCUT2D eigenvalue weighted by atomic mass is 10.1. The summed E-state index contributed by atoms with van der Waals surface area (Å²) in [6.07, 6.45) is 0.